The fourth-order valence-corrected chi connectivity index (χ4v) is 2.45. The van der Waals surface area contributed by atoms with E-state index in [-0.39, 0.29) is 5.91 Å². The summed E-state index contributed by atoms with van der Waals surface area (Å²) in [5, 5.41) is 2.94. The van der Waals surface area contributed by atoms with Gasteiger partial charge in [-0.1, -0.05) is 6.92 Å². The highest BCUT2D eigenvalue weighted by atomic mass is 16.1. The molecule has 5 nitrogen and oxygen atoms in total. The third-order valence-corrected chi connectivity index (χ3v) is 3.48. The maximum Gasteiger partial charge on any atom is 0.253 e. The number of nitrogen functional groups attached to an aromatic ring is 1. The second-order valence-corrected chi connectivity index (χ2v) is 5.29. The van der Waals surface area contributed by atoms with Crippen LogP contribution in [0.5, 0.6) is 0 Å². The monoisotopic (exact) mass is 262 g/mol. The van der Waals surface area contributed by atoms with E-state index < -0.39 is 0 Å². The zero-order chi connectivity index (χ0) is 13.7. The first kappa shape index (κ1) is 13.8. The summed E-state index contributed by atoms with van der Waals surface area (Å²) >= 11 is 0. The van der Waals surface area contributed by atoms with Crippen molar-refractivity contribution in [2.45, 2.75) is 19.8 Å². The molecule has 19 heavy (non-hydrogen) atoms. The van der Waals surface area contributed by atoms with Crippen molar-refractivity contribution < 1.29 is 4.79 Å². The Morgan fingerprint density at radius 1 is 1.53 bits per heavy atom. The number of hydrogen-bond acceptors (Lipinski definition) is 4. The molecule has 1 saturated heterocycles. The fraction of sp³-hybridized carbons (Fsp3) is 0.571. The summed E-state index contributed by atoms with van der Waals surface area (Å²) in [5.74, 6) is 0.332. The Morgan fingerprint density at radius 2 is 2.26 bits per heavy atom. The van der Waals surface area contributed by atoms with E-state index in [1.165, 1.54) is 32.1 Å². The van der Waals surface area contributed by atoms with Gasteiger partial charge in [-0.2, -0.15) is 0 Å². The lowest BCUT2D eigenvalue weighted by molar-refractivity contribution is 0.0946. The third-order valence-electron chi connectivity index (χ3n) is 3.48. The Labute approximate surface area is 114 Å². The maximum absolute atomic E-state index is 12.0. The largest absolute Gasteiger partial charge is 0.397 e. The molecule has 1 aliphatic rings. The highest BCUT2D eigenvalue weighted by Gasteiger charge is 2.16. The molecule has 0 aliphatic carbocycles. The van der Waals surface area contributed by atoms with Crippen molar-refractivity contribution in [2.24, 2.45) is 5.92 Å². The fourth-order valence-electron chi connectivity index (χ4n) is 2.45. The van der Waals surface area contributed by atoms with Gasteiger partial charge in [0.05, 0.1) is 17.4 Å². The Hall–Kier alpha value is -1.62. The molecule has 2 heterocycles. The molecule has 1 aromatic rings. The van der Waals surface area contributed by atoms with Crippen molar-refractivity contribution in [1.29, 1.82) is 0 Å². The van der Waals surface area contributed by atoms with E-state index in [0.717, 1.165) is 6.54 Å². The Kier molecular flexibility index (Phi) is 4.74. The molecule has 5 heteroatoms. The van der Waals surface area contributed by atoms with Gasteiger partial charge in [0, 0.05) is 19.3 Å². The highest BCUT2D eigenvalue weighted by Crippen LogP contribution is 2.11. The first-order valence-corrected chi connectivity index (χ1v) is 6.87. The predicted octanol–water partition coefficient (Wildman–Crippen LogP) is 1.13. The number of pyridine rings is 1. The van der Waals surface area contributed by atoms with Crippen LogP contribution < -0.4 is 11.1 Å². The second kappa shape index (κ2) is 6.52. The molecule has 1 atom stereocenters. The molecule has 1 aromatic heterocycles. The topological polar surface area (TPSA) is 71.2 Å². The smallest absolute Gasteiger partial charge is 0.253 e. The van der Waals surface area contributed by atoms with E-state index >= 15 is 0 Å². The van der Waals surface area contributed by atoms with Crippen LogP contribution in [0, 0.1) is 5.92 Å². The molecular weight excluding hydrogens is 240 g/mol. The van der Waals surface area contributed by atoms with Gasteiger partial charge in [-0.25, -0.2) is 0 Å². The van der Waals surface area contributed by atoms with Crippen molar-refractivity contribution >= 4 is 11.6 Å². The van der Waals surface area contributed by atoms with Crippen LogP contribution in [0.1, 0.15) is 30.1 Å². The maximum atomic E-state index is 12.0. The molecule has 1 fully saturated rings. The van der Waals surface area contributed by atoms with Crippen molar-refractivity contribution in [1.82, 2.24) is 15.2 Å². The molecule has 1 unspecified atom stereocenters. The van der Waals surface area contributed by atoms with E-state index in [2.05, 4.69) is 22.1 Å². The molecule has 2 rings (SSSR count). The van der Waals surface area contributed by atoms with Crippen LogP contribution in [0.2, 0.25) is 0 Å². The lowest BCUT2D eigenvalue weighted by atomic mass is 10.1. The average molecular weight is 262 g/mol. The zero-order valence-electron chi connectivity index (χ0n) is 11.4. The highest BCUT2D eigenvalue weighted by molar-refractivity contribution is 5.98. The van der Waals surface area contributed by atoms with Crippen LogP contribution in [0.3, 0.4) is 0 Å². The van der Waals surface area contributed by atoms with E-state index in [1.54, 1.807) is 12.3 Å². The number of nitrogens with one attached hydrogen (secondary N) is 1. The molecule has 104 valence electrons. The van der Waals surface area contributed by atoms with Gasteiger partial charge in [0.15, 0.2) is 0 Å². The Bertz CT molecular complexity index is 429. The Morgan fingerprint density at radius 3 is 2.95 bits per heavy atom. The van der Waals surface area contributed by atoms with Crippen LogP contribution in [0.4, 0.5) is 5.69 Å². The number of anilines is 1. The zero-order valence-corrected chi connectivity index (χ0v) is 11.4. The van der Waals surface area contributed by atoms with Gasteiger partial charge in [-0.05, 0) is 37.9 Å². The van der Waals surface area contributed by atoms with Gasteiger partial charge in [0.1, 0.15) is 0 Å². The molecule has 0 spiro atoms. The number of hydrogen-bond donors (Lipinski definition) is 2. The first-order valence-electron chi connectivity index (χ1n) is 6.87. The summed E-state index contributed by atoms with van der Waals surface area (Å²) in [6.07, 6.45) is 5.68. The van der Waals surface area contributed by atoms with Crippen molar-refractivity contribution in [2.75, 3.05) is 31.9 Å². The number of rotatable bonds is 5. The van der Waals surface area contributed by atoms with Crippen LogP contribution >= 0.6 is 0 Å². The molecule has 0 saturated carbocycles. The summed E-state index contributed by atoms with van der Waals surface area (Å²) < 4.78 is 0. The number of aromatic nitrogens is 1. The van der Waals surface area contributed by atoms with E-state index in [9.17, 15) is 4.79 Å². The Balaban J connectivity index is 1.78. The van der Waals surface area contributed by atoms with Crippen LogP contribution in [-0.4, -0.2) is 42.0 Å². The van der Waals surface area contributed by atoms with Crippen molar-refractivity contribution in [3.63, 3.8) is 0 Å². The lowest BCUT2D eigenvalue weighted by Crippen LogP contribution is -2.34. The summed E-state index contributed by atoms with van der Waals surface area (Å²) in [7, 11) is 0. The van der Waals surface area contributed by atoms with Gasteiger partial charge >= 0.3 is 0 Å². The second-order valence-electron chi connectivity index (χ2n) is 5.29. The molecule has 0 radical (unpaired) electrons. The average Bonchev–Trinajstić information content (AvgIpc) is 2.89. The van der Waals surface area contributed by atoms with Gasteiger partial charge in [0.25, 0.3) is 5.91 Å². The summed E-state index contributed by atoms with van der Waals surface area (Å²) in [6, 6.07) is 1.65. The van der Waals surface area contributed by atoms with E-state index in [1.807, 2.05) is 0 Å². The van der Waals surface area contributed by atoms with Crippen molar-refractivity contribution in [3.8, 4) is 0 Å². The quantitative estimate of drug-likeness (QED) is 0.834. The van der Waals surface area contributed by atoms with E-state index in [4.69, 9.17) is 5.73 Å². The number of amides is 1. The standard InChI is InChI=1S/C14H22N4O/c1-11(10-18-6-2-3-7-18)8-17-14(19)12-4-5-16-9-13(12)15/h4-5,9,11H,2-3,6-8,10,15H2,1H3,(H,17,19). The SMILES string of the molecule is CC(CNC(=O)c1ccncc1N)CN1CCCC1. The minimum Gasteiger partial charge on any atom is -0.397 e. The molecule has 0 bridgehead atoms. The summed E-state index contributed by atoms with van der Waals surface area (Å²) in [5.41, 5.74) is 6.65. The summed E-state index contributed by atoms with van der Waals surface area (Å²) in [6.45, 7) is 6.27. The molecular formula is C14H22N4O. The molecule has 1 aliphatic heterocycles. The molecule has 1 amide bonds. The third kappa shape index (κ3) is 3.92. The number of nitrogens with two attached hydrogens (primary N) is 1. The van der Waals surface area contributed by atoms with Crippen LogP contribution in [0.25, 0.3) is 0 Å². The number of carbonyl (C=O) groups excluding carboxylic acids is 1. The number of nitrogens with zero attached hydrogens (tertiary/aromatic N) is 2. The lowest BCUT2D eigenvalue weighted by Gasteiger charge is -2.20. The van der Waals surface area contributed by atoms with Gasteiger partial charge in [-0.3, -0.25) is 9.78 Å². The first-order chi connectivity index (χ1) is 9.16. The van der Waals surface area contributed by atoms with Gasteiger partial charge < -0.3 is 16.0 Å². The van der Waals surface area contributed by atoms with Gasteiger partial charge in [0.2, 0.25) is 0 Å². The number of carbonyl (C=O) groups is 1. The van der Waals surface area contributed by atoms with Crippen LogP contribution in [0.15, 0.2) is 18.5 Å². The van der Waals surface area contributed by atoms with Crippen molar-refractivity contribution in [3.05, 3.63) is 24.0 Å². The molecule has 3 N–H and O–H groups in total. The molecule has 0 aromatic carbocycles. The predicted molar refractivity (Wildman–Crippen MR) is 75.8 cm³/mol. The minimum atomic E-state index is -0.117. The van der Waals surface area contributed by atoms with Crippen LogP contribution in [-0.2, 0) is 0 Å². The van der Waals surface area contributed by atoms with Gasteiger partial charge in [-0.15, -0.1) is 0 Å². The van der Waals surface area contributed by atoms with E-state index in [0.29, 0.717) is 23.7 Å². The summed E-state index contributed by atoms with van der Waals surface area (Å²) in [4.78, 5) is 18.3. The minimum absolute atomic E-state index is 0.117. The normalized spacial score (nSPS) is 17.3. The number of likely N-dealkylation sites (tertiary alicyclic amines) is 1.